The van der Waals surface area contributed by atoms with Gasteiger partial charge >= 0.3 is 0 Å². The fraction of sp³-hybridized carbons (Fsp3) is 0.0732. The Hall–Kier alpha value is -6.14. The molecule has 2 heterocycles. The van der Waals surface area contributed by atoms with Crippen molar-refractivity contribution in [3.05, 3.63) is 157 Å². The van der Waals surface area contributed by atoms with Crippen LogP contribution in [0, 0.1) is 5.41 Å². The van der Waals surface area contributed by atoms with Crippen molar-refractivity contribution >= 4 is 45.7 Å². The molecule has 6 heteroatoms. The second kappa shape index (κ2) is 11.0. The van der Waals surface area contributed by atoms with Crippen LogP contribution in [0.5, 0.6) is 23.0 Å². The number of Topliss-reactive ketones (excluding diaryl/α,β-unsaturated/α-hetero) is 2. The van der Waals surface area contributed by atoms with Crippen molar-refractivity contribution in [2.45, 2.75) is 13.8 Å². The van der Waals surface area contributed by atoms with Gasteiger partial charge in [0.05, 0.1) is 28.2 Å². The number of ether oxygens (including phenoxy) is 2. The lowest BCUT2D eigenvalue weighted by molar-refractivity contribution is 0.0711. The molecule has 0 aliphatic carbocycles. The molecule has 47 heavy (non-hydrogen) atoms. The van der Waals surface area contributed by atoms with Crippen LogP contribution >= 0.6 is 0 Å². The third-order valence-corrected chi connectivity index (χ3v) is 8.78. The Balaban J connectivity index is 1.06. The minimum absolute atomic E-state index is 0.239. The van der Waals surface area contributed by atoms with Gasteiger partial charge in [-0.25, -0.2) is 0 Å². The summed E-state index contributed by atoms with van der Waals surface area (Å²) in [4.78, 5) is 32.0. The average Bonchev–Trinajstić information content (AvgIpc) is 3.12. The Morgan fingerprint density at radius 1 is 0.426 bits per heavy atom. The summed E-state index contributed by atoms with van der Waals surface area (Å²) >= 11 is 0. The highest BCUT2D eigenvalue weighted by Crippen LogP contribution is 2.51. The van der Waals surface area contributed by atoms with E-state index >= 15 is 0 Å². The van der Waals surface area contributed by atoms with E-state index in [0.29, 0.717) is 11.1 Å². The largest absolute Gasteiger partial charge is 0.453 e. The van der Waals surface area contributed by atoms with Gasteiger partial charge in [-0.3, -0.25) is 9.59 Å². The van der Waals surface area contributed by atoms with Gasteiger partial charge in [0.1, 0.15) is 0 Å². The Labute approximate surface area is 273 Å². The van der Waals surface area contributed by atoms with Crippen LogP contribution in [0.25, 0.3) is 0 Å². The van der Waals surface area contributed by atoms with Crippen molar-refractivity contribution in [2.75, 3.05) is 9.80 Å². The van der Waals surface area contributed by atoms with E-state index in [0.717, 1.165) is 57.1 Å². The molecule has 0 radical (unpaired) electrons. The molecule has 0 fully saturated rings. The number of carbonyl (C=O) groups excluding carboxylic acids is 2. The fourth-order valence-corrected chi connectivity index (χ4v) is 6.31. The van der Waals surface area contributed by atoms with E-state index < -0.39 is 5.41 Å². The van der Waals surface area contributed by atoms with Crippen LogP contribution in [0.2, 0.25) is 0 Å². The van der Waals surface area contributed by atoms with Crippen molar-refractivity contribution in [2.24, 2.45) is 5.41 Å². The van der Waals surface area contributed by atoms with Crippen LogP contribution in [0.15, 0.2) is 146 Å². The van der Waals surface area contributed by atoms with Crippen LogP contribution in [0.4, 0.5) is 34.1 Å². The maximum Gasteiger partial charge on any atom is 0.176 e. The van der Waals surface area contributed by atoms with Gasteiger partial charge in [-0.05, 0) is 111 Å². The summed E-state index contributed by atoms with van der Waals surface area (Å²) < 4.78 is 12.3. The summed E-state index contributed by atoms with van der Waals surface area (Å²) in [6.45, 7) is 3.39. The van der Waals surface area contributed by atoms with Crippen molar-refractivity contribution in [1.29, 1.82) is 0 Å². The summed E-state index contributed by atoms with van der Waals surface area (Å²) in [6.07, 6.45) is 0. The first-order valence-corrected chi connectivity index (χ1v) is 15.5. The first-order valence-electron chi connectivity index (χ1n) is 15.5. The van der Waals surface area contributed by atoms with Crippen molar-refractivity contribution in [1.82, 2.24) is 0 Å². The van der Waals surface area contributed by atoms with Gasteiger partial charge in [0.2, 0.25) is 0 Å². The highest BCUT2D eigenvalue weighted by atomic mass is 16.5. The molecule has 2 aliphatic rings. The molecule has 0 saturated heterocycles. The SMILES string of the molecule is CC(C)(C(=O)c1ccc(N2c3ccccc3Oc3ccccc32)cc1)C(=O)c1ccc(N2c3ccccc3Oc3ccccc32)cc1. The Morgan fingerprint density at radius 2 is 0.702 bits per heavy atom. The standard InChI is InChI=1S/C41H30N2O4/c1-41(2,39(44)27-19-23-29(24-20-27)42-31-11-3-7-15-35(31)46-36-16-8-4-12-32(36)42)40(45)28-21-25-30(26-22-28)43-33-13-5-9-17-37(33)47-38-18-10-6-14-34(38)43/h3-26H,1-2H3. The molecule has 2 aliphatic heterocycles. The average molecular weight is 615 g/mol. The van der Waals surface area contributed by atoms with E-state index in [9.17, 15) is 9.59 Å². The highest BCUT2D eigenvalue weighted by Gasteiger charge is 2.37. The topological polar surface area (TPSA) is 59.1 Å². The zero-order valence-corrected chi connectivity index (χ0v) is 25.9. The molecule has 6 aromatic carbocycles. The summed E-state index contributed by atoms with van der Waals surface area (Å²) in [6, 6.07) is 46.3. The van der Waals surface area contributed by atoms with E-state index in [1.807, 2.05) is 121 Å². The third-order valence-electron chi connectivity index (χ3n) is 8.78. The molecule has 0 atom stereocenters. The first kappa shape index (κ1) is 28.3. The lowest BCUT2D eigenvalue weighted by Gasteiger charge is -2.33. The van der Waals surface area contributed by atoms with Crippen LogP contribution in [-0.4, -0.2) is 11.6 Å². The van der Waals surface area contributed by atoms with Gasteiger partial charge in [0.15, 0.2) is 34.6 Å². The van der Waals surface area contributed by atoms with Gasteiger partial charge in [-0.1, -0.05) is 48.5 Å². The lowest BCUT2D eigenvalue weighted by Crippen LogP contribution is -2.33. The molecule has 0 spiro atoms. The molecule has 0 N–H and O–H groups in total. The molecule has 0 unspecified atom stereocenters. The van der Waals surface area contributed by atoms with Crippen LogP contribution < -0.4 is 19.3 Å². The van der Waals surface area contributed by atoms with Crippen LogP contribution in [0.3, 0.4) is 0 Å². The summed E-state index contributed by atoms with van der Waals surface area (Å²) in [5.41, 5.74) is 5.08. The number of anilines is 6. The van der Waals surface area contributed by atoms with Crippen LogP contribution in [0.1, 0.15) is 34.6 Å². The molecule has 0 bridgehead atoms. The van der Waals surface area contributed by atoms with Gasteiger partial charge in [-0.15, -0.1) is 0 Å². The maximum atomic E-state index is 13.9. The maximum absolute atomic E-state index is 13.9. The molecule has 6 aromatic rings. The number of ketones is 2. The van der Waals surface area contributed by atoms with E-state index in [-0.39, 0.29) is 11.6 Å². The molecular weight excluding hydrogens is 584 g/mol. The zero-order valence-electron chi connectivity index (χ0n) is 25.9. The molecule has 0 amide bonds. The smallest absolute Gasteiger partial charge is 0.176 e. The minimum atomic E-state index is -1.28. The van der Waals surface area contributed by atoms with Gasteiger partial charge in [-0.2, -0.15) is 0 Å². The highest BCUT2D eigenvalue weighted by molar-refractivity contribution is 6.19. The quantitative estimate of drug-likeness (QED) is 0.137. The fourth-order valence-electron chi connectivity index (χ4n) is 6.31. The molecule has 0 aromatic heterocycles. The van der Waals surface area contributed by atoms with E-state index in [1.165, 1.54) is 0 Å². The lowest BCUT2D eigenvalue weighted by atomic mass is 9.78. The number of hydrogen-bond donors (Lipinski definition) is 0. The first-order chi connectivity index (χ1) is 22.9. The number of carbonyl (C=O) groups is 2. The third kappa shape index (κ3) is 4.73. The molecule has 0 saturated carbocycles. The minimum Gasteiger partial charge on any atom is -0.453 e. The summed E-state index contributed by atoms with van der Waals surface area (Å²) in [5.74, 6) is 2.54. The second-order valence-electron chi connectivity index (χ2n) is 12.1. The van der Waals surface area contributed by atoms with E-state index in [4.69, 9.17) is 9.47 Å². The number of benzene rings is 6. The van der Waals surface area contributed by atoms with E-state index in [2.05, 4.69) is 9.80 Å². The van der Waals surface area contributed by atoms with Crippen molar-refractivity contribution < 1.29 is 19.1 Å². The van der Waals surface area contributed by atoms with Crippen LogP contribution in [-0.2, 0) is 0 Å². The number of fused-ring (bicyclic) bond motifs is 4. The Kier molecular flexibility index (Phi) is 6.65. The second-order valence-corrected chi connectivity index (χ2v) is 12.1. The summed E-state index contributed by atoms with van der Waals surface area (Å²) in [5, 5.41) is 0. The Morgan fingerprint density at radius 3 is 1.00 bits per heavy atom. The molecular formula is C41H30N2O4. The predicted molar refractivity (Wildman–Crippen MR) is 185 cm³/mol. The van der Waals surface area contributed by atoms with Gasteiger partial charge in [0.25, 0.3) is 0 Å². The molecule has 6 nitrogen and oxygen atoms in total. The van der Waals surface area contributed by atoms with Crippen molar-refractivity contribution in [3.63, 3.8) is 0 Å². The number of nitrogens with zero attached hydrogens (tertiary/aromatic N) is 2. The van der Waals surface area contributed by atoms with Gasteiger partial charge < -0.3 is 19.3 Å². The number of para-hydroxylation sites is 8. The predicted octanol–water partition coefficient (Wildman–Crippen LogP) is 10.9. The molecule has 8 rings (SSSR count). The van der Waals surface area contributed by atoms with Crippen molar-refractivity contribution in [3.8, 4) is 23.0 Å². The molecule has 228 valence electrons. The van der Waals surface area contributed by atoms with Gasteiger partial charge in [0, 0.05) is 22.5 Å². The zero-order chi connectivity index (χ0) is 32.1. The monoisotopic (exact) mass is 614 g/mol. The Bertz CT molecular complexity index is 1920. The number of hydrogen-bond acceptors (Lipinski definition) is 6. The van der Waals surface area contributed by atoms with E-state index in [1.54, 1.807) is 38.1 Å². The normalized spacial score (nSPS) is 12.9. The summed E-state index contributed by atoms with van der Waals surface area (Å²) in [7, 11) is 0. The number of rotatable bonds is 6.